The number of anilines is 1. The highest BCUT2D eigenvalue weighted by molar-refractivity contribution is 6.03. The van der Waals surface area contributed by atoms with Gasteiger partial charge in [-0.3, -0.25) is 4.79 Å². The minimum atomic E-state index is -4.40. The Labute approximate surface area is 113 Å². The normalized spacial score (nSPS) is 12.4. The fourth-order valence-electron chi connectivity index (χ4n) is 1.29. The Bertz CT molecular complexity index is 534. The maximum absolute atomic E-state index is 12.4. The number of oxime groups is 1. The second-order valence-corrected chi connectivity index (χ2v) is 3.93. The number of nitrogens with zero attached hydrogens (tertiary/aromatic N) is 1. The molecule has 108 valence electrons. The molecule has 1 rings (SSSR count). The highest BCUT2D eigenvalue weighted by atomic mass is 19.4. The van der Waals surface area contributed by atoms with E-state index < -0.39 is 17.6 Å². The molecule has 0 saturated carbocycles. The number of carbonyl (C=O) groups excluding carboxylic acids is 1. The first-order valence-electron chi connectivity index (χ1n) is 5.55. The number of carbonyl (C=O) groups is 1. The van der Waals surface area contributed by atoms with Gasteiger partial charge in [-0.05, 0) is 38.1 Å². The third kappa shape index (κ3) is 4.11. The SMILES string of the molecule is C=NO/C(C)=C(\C)C(=O)Nc1ccc(C(F)(F)F)cc1. The second kappa shape index (κ2) is 6.23. The fourth-order valence-corrected chi connectivity index (χ4v) is 1.29. The van der Waals surface area contributed by atoms with Gasteiger partial charge < -0.3 is 10.2 Å². The van der Waals surface area contributed by atoms with E-state index in [1.807, 2.05) is 0 Å². The van der Waals surface area contributed by atoms with Crippen molar-refractivity contribution in [2.75, 3.05) is 5.32 Å². The molecular formula is C13H13F3N2O2. The Hall–Kier alpha value is -2.31. The first-order chi connectivity index (χ1) is 9.25. The van der Waals surface area contributed by atoms with Crippen molar-refractivity contribution in [2.45, 2.75) is 20.0 Å². The van der Waals surface area contributed by atoms with Gasteiger partial charge in [-0.15, -0.1) is 0 Å². The first-order valence-corrected chi connectivity index (χ1v) is 5.55. The van der Waals surface area contributed by atoms with Crippen LogP contribution in [0.15, 0.2) is 40.8 Å². The summed E-state index contributed by atoms with van der Waals surface area (Å²) in [5.74, 6) is -0.240. The van der Waals surface area contributed by atoms with Crippen LogP contribution in [0, 0.1) is 0 Å². The minimum absolute atomic E-state index is 0.247. The van der Waals surface area contributed by atoms with Crippen molar-refractivity contribution in [2.24, 2.45) is 5.16 Å². The average molecular weight is 286 g/mol. The molecule has 0 aliphatic rings. The van der Waals surface area contributed by atoms with Gasteiger partial charge in [0.25, 0.3) is 5.91 Å². The van der Waals surface area contributed by atoms with Gasteiger partial charge in [0, 0.05) is 12.4 Å². The molecule has 1 aromatic carbocycles. The summed E-state index contributed by atoms with van der Waals surface area (Å²) < 4.78 is 37.1. The Kier molecular flexibility index (Phi) is 4.90. The molecule has 1 N–H and O–H groups in total. The van der Waals surface area contributed by atoms with Gasteiger partial charge >= 0.3 is 6.18 Å². The number of hydrogen-bond acceptors (Lipinski definition) is 3. The zero-order chi connectivity index (χ0) is 15.3. The number of allylic oxidation sites excluding steroid dienone is 1. The zero-order valence-corrected chi connectivity index (χ0v) is 10.9. The second-order valence-electron chi connectivity index (χ2n) is 3.93. The lowest BCUT2D eigenvalue weighted by Crippen LogP contribution is -2.14. The van der Waals surface area contributed by atoms with Gasteiger partial charge in [0.1, 0.15) is 5.76 Å². The van der Waals surface area contributed by atoms with Gasteiger partial charge in [-0.2, -0.15) is 13.2 Å². The third-order valence-corrected chi connectivity index (χ3v) is 2.54. The molecule has 20 heavy (non-hydrogen) atoms. The van der Waals surface area contributed by atoms with E-state index in [0.29, 0.717) is 0 Å². The van der Waals surface area contributed by atoms with E-state index in [1.165, 1.54) is 26.0 Å². The topological polar surface area (TPSA) is 50.7 Å². The molecule has 0 saturated heterocycles. The van der Waals surface area contributed by atoms with Crippen LogP contribution in [0.1, 0.15) is 19.4 Å². The predicted molar refractivity (Wildman–Crippen MR) is 69.1 cm³/mol. The first kappa shape index (κ1) is 15.7. The molecule has 7 heteroatoms. The van der Waals surface area contributed by atoms with Crippen molar-refractivity contribution in [1.29, 1.82) is 0 Å². The van der Waals surface area contributed by atoms with E-state index in [0.717, 1.165) is 12.1 Å². The molecule has 0 heterocycles. The summed E-state index contributed by atoms with van der Waals surface area (Å²) in [6.45, 7) is 6.14. The quantitative estimate of drug-likeness (QED) is 0.398. The Balaban J connectivity index is 2.82. The zero-order valence-electron chi connectivity index (χ0n) is 10.9. The van der Waals surface area contributed by atoms with Gasteiger partial charge in [0.05, 0.1) is 11.1 Å². The number of halogens is 3. The number of nitrogens with one attached hydrogen (secondary N) is 1. The monoisotopic (exact) mass is 286 g/mol. The summed E-state index contributed by atoms with van der Waals surface area (Å²) in [4.78, 5) is 16.5. The van der Waals surface area contributed by atoms with Crippen LogP contribution in [0.4, 0.5) is 18.9 Å². The van der Waals surface area contributed by atoms with Gasteiger partial charge in [0.15, 0.2) is 0 Å². The van der Waals surface area contributed by atoms with E-state index >= 15 is 0 Å². The summed E-state index contributed by atoms with van der Waals surface area (Å²) in [6, 6.07) is 4.14. The molecule has 0 bridgehead atoms. The van der Waals surface area contributed by atoms with Crippen LogP contribution in [0.25, 0.3) is 0 Å². The molecule has 1 aromatic rings. The van der Waals surface area contributed by atoms with Crippen LogP contribution in [0.5, 0.6) is 0 Å². The van der Waals surface area contributed by atoms with Crippen molar-refractivity contribution in [3.63, 3.8) is 0 Å². The van der Waals surface area contributed by atoms with Crippen molar-refractivity contribution < 1.29 is 22.8 Å². The van der Waals surface area contributed by atoms with Crippen LogP contribution in [0.3, 0.4) is 0 Å². The van der Waals surface area contributed by atoms with Gasteiger partial charge in [-0.25, -0.2) is 0 Å². The molecule has 0 spiro atoms. The van der Waals surface area contributed by atoms with Gasteiger partial charge in [0.2, 0.25) is 0 Å². The highest BCUT2D eigenvalue weighted by Gasteiger charge is 2.30. The van der Waals surface area contributed by atoms with Crippen LogP contribution >= 0.6 is 0 Å². The minimum Gasteiger partial charge on any atom is -0.362 e. The molecule has 0 radical (unpaired) electrons. The number of benzene rings is 1. The highest BCUT2D eigenvalue weighted by Crippen LogP contribution is 2.29. The lowest BCUT2D eigenvalue weighted by Gasteiger charge is -2.09. The van der Waals surface area contributed by atoms with Crippen LogP contribution in [-0.4, -0.2) is 12.6 Å². The molecular weight excluding hydrogens is 273 g/mol. The van der Waals surface area contributed by atoms with E-state index in [4.69, 9.17) is 4.84 Å². The average Bonchev–Trinajstić information content (AvgIpc) is 2.37. The molecule has 0 aliphatic carbocycles. The molecule has 4 nitrogen and oxygen atoms in total. The number of alkyl halides is 3. The Morgan fingerprint density at radius 1 is 1.25 bits per heavy atom. The molecule has 0 fully saturated rings. The number of amides is 1. The van der Waals surface area contributed by atoms with Crippen molar-refractivity contribution >= 4 is 18.3 Å². The van der Waals surface area contributed by atoms with Crippen molar-refractivity contribution in [3.05, 3.63) is 41.2 Å². The standard InChI is InChI=1S/C13H13F3N2O2/c1-8(9(2)20-17-3)12(19)18-11-6-4-10(5-7-11)13(14,15)16/h4-7H,3H2,1-2H3,(H,18,19)/b9-8+. The maximum atomic E-state index is 12.4. The van der Waals surface area contributed by atoms with Crippen LogP contribution in [-0.2, 0) is 15.8 Å². The predicted octanol–water partition coefficient (Wildman–Crippen LogP) is 3.57. The molecule has 1 amide bonds. The van der Waals surface area contributed by atoms with Crippen molar-refractivity contribution in [3.8, 4) is 0 Å². The smallest absolute Gasteiger partial charge is 0.362 e. The lowest BCUT2D eigenvalue weighted by molar-refractivity contribution is -0.137. The number of rotatable bonds is 4. The van der Waals surface area contributed by atoms with Crippen LogP contribution in [0.2, 0.25) is 0 Å². The summed E-state index contributed by atoms with van der Waals surface area (Å²) in [6.07, 6.45) is -4.40. The lowest BCUT2D eigenvalue weighted by atomic mass is 10.2. The summed E-state index contributed by atoms with van der Waals surface area (Å²) in [7, 11) is 0. The number of hydrogen-bond donors (Lipinski definition) is 1. The summed E-state index contributed by atoms with van der Waals surface area (Å²) in [5, 5.41) is 5.63. The van der Waals surface area contributed by atoms with E-state index in [2.05, 4.69) is 17.2 Å². The molecule has 0 atom stereocenters. The van der Waals surface area contributed by atoms with Gasteiger partial charge in [-0.1, -0.05) is 5.16 Å². The van der Waals surface area contributed by atoms with E-state index in [-0.39, 0.29) is 17.0 Å². The Morgan fingerprint density at radius 2 is 1.80 bits per heavy atom. The summed E-state index contributed by atoms with van der Waals surface area (Å²) in [5.41, 5.74) is -0.280. The summed E-state index contributed by atoms with van der Waals surface area (Å²) >= 11 is 0. The molecule has 0 aromatic heterocycles. The van der Waals surface area contributed by atoms with E-state index in [1.54, 1.807) is 0 Å². The van der Waals surface area contributed by atoms with Crippen LogP contribution < -0.4 is 5.32 Å². The Morgan fingerprint density at radius 3 is 2.25 bits per heavy atom. The molecule has 0 unspecified atom stereocenters. The van der Waals surface area contributed by atoms with Crippen molar-refractivity contribution in [1.82, 2.24) is 0 Å². The van der Waals surface area contributed by atoms with E-state index in [9.17, 15) is 18.0 Å². The molecule has 0 aliphatic heterocycles. The maximum Gasteiger partial charge on any atom is 0.416 e. The fraction of sp³-hybridized carbons (Fsp3) is 0.231. The largest absolute Gasteiger partial charge is 0.416 e. The third-order valence-electron chi connectivity index (χ3n) is 2.54.